The molecule has 6 nitrogen and oxygen atoms in total. The van der Waals surface area contributed by atoms with Crippen LogP contribution in [0.2, 0.25) is 0 Å². The number of aromatic nitrogens is 1. The van der Waals surface area contributed by atoms with Crippen molar-refractivity contribution in [2.75, 3.05) is 18.5 Å². The normalized spacial score (nSPS) is 10.7. The number of rotatable bonds is 8. The van der Waals surface area contributed by atoms with Crippen LogP contribution in [0.3, 0.4) is 0 Å². The highest BCUT2D eigenvalue weighted by atomic mass is 16.6. The number of hydrogen-bond acceptors (Lipinski definition) is 5. The number of aryl methyl sites for hydroxylation is 1. The highest BCUT2D eigenvalue weighted by Gasteiger charge is 2.10. The fourth-order valence-corrected chi connectivity index (χ4v) is 1.60. The molecule has 0 aliphatic heterocycles. The molecule has 0 saturated heterocycles. The van der Waals surface area contributed by atoms with Crippen LogP contribution >= 0.6 is 0 Å². The van der Waals surface area contributed by atoms with Crippen LogP contribution < -0.4 is 5.32 Å². The molecule has 0 amide bonds. The molecule has 1 aromatic rings. The predicted octanol–water partition coefficient (Wildman–Crippen LogP) is 2.92. The second-order valence-corrected chi connectivity index (χ2v) is 4.67. The van der Waals surface area contributed by atoms with Crippen molar-refractivity contribution in [3.8, 4) is 0 Å². The van der Waals surface area contributed by atoms with Gasteiger partial charge < -0.3 is 10.1 Å². The number of nitro groups is 1. The lowest BCUT2D eigenvalue weighted by molar-refractivity contribution is -0.385. The van der Waals surface area contributed by atoms with Gasteiger partial charge in [-0.2, -0.15) is 0 Å². The van der Waals surface area contributed by atoms with Crippen LogP contribution in [0.15, 0.2) is 12.3 Å². The Morgan fingerprint density at radius 3 is 2.79 bits per heavy atom. The number of ether oxygens (including phenoxy) is 1. The van der Waals surface area contributed by atoms with Crippen molar-refractivity contribution < 1.29 is 9.66 Å². The van der Waals surface area contributed by atoms with Crippen LogP contribution in [0.4, 0.5) is 11.5 Å². The lowest BCUT2D eigenvalue weighted by Crippen LogP contribution is -2.08. The van der Waals surface area contributed by atoms with Gasteiger partial charge in [-0.05, 0) is 39.7 Å². The van der Waals surface area contributed by atoms with Crippen LogP contribution in [-0.2, 0) is 4.74 Å². The van der Waals surface area contributed by atoms with E-state index in [0.717, 1.165) is 26.0 Å². The van der Waals surface area contributed by atoms with Crippen molar-refractivity contribution in [2.45, 2.75) is 39.7 Å². The maximum atomic E-state index is 10.7. The molecule has 1 rings (SSSR count). The summed E-state index contributed by atoms with van der Waals surface area (Å²) < 4.78 is 5.44. The molecule has 19 heavy (non-hydrogen) atoms. The van der Waals surface area contributed by atoms with Crippen LogP contribution in [0, 0.1) is 17.0 Å². The molecular formula is C13H21N3O3. The van der Waals surface area contributed by atoms with E-state index in [0.29, 0.717) is 11.4 Å². The lowest BCUT2D eigenvalue weighted by atomic mass is 10.2. The number of anilines is 1. The van der Waals surface area contributed by atoms with Gasteiger partial charge in [0.15, 0.2) is 0 Å². The first-order valence-electron chi connectivity index (χ1n) is 6.47. The third-order valence-electron chi connectivity index (χ3n) is 2.61. The third kappa shape index (κ3) is 5.65. The molecule has 0 fully saturated rings. The van der Waals surface area contributed by atoms with Gasteiger partial charge in [-0.1, -0.05) is 0 Å². The van der Waals surface area contributed by atoms with E-state index in [4.69, 9.17) is 4.74 Å². The summed E-state index contributed by atoms with van der Waals surface area (Å²) in [5, 5.41) is 13.8. The molecule has 106 valence electrons. The number of nitrogens with zero attached hydrogens (tertiary/aromatic N) is 2. The Balaban J connectivity index is 2.30. The Kier molecular flexibility index (Phi) is 6.21. The summed E-state index contributed by atoms with van der Waals surface area (Å²) in [7, 11) is 0. The second kappa shape index (κ2) is 7.68. The Morgan fingerprint density at radius 1 is 1.47 bits per heavy atom. The second-order valence-electron chi connectivity index (χ2n) is 4.67. The van der Waals surface area contributed by atoms with Gasteiger partial charge in [0.1, 0.15) is 12.0 Å². The molecular weight excluding hydrogens is 246 g/mol. The zero-order valence-electron chi connectivity index (χ0n) is 11.7. The zero-order chi connectivity index (χ0) is 14.3. The van der Waals surface area contributed by atoms with Gasteiger partial charge in [-0.25, -0.2) is 4.98 Å². The minimum absolute atomic E-state index is 0.0517. The van der Waals surface area contributed by atoms with Gasteiger partial charge in [-0.3, -0.25) is 10.1 Å². The van der Waals surface area contributed by atoms with Gasteiger partial charge >= 0.3 is 0 Å². The molecule has 0 radical (unpaired) electrons. The van der Waals surface area contributed by atoms with Crippen molar-refractivity contribution in [1.82, 2.24) is 4.98 Å². The first-order valence-corrected chi connectivity index (χ1v) is 6.47. The number of pyridine rings is 1. The highest BCUT2D eigenvalue weighted by Crippen LogP contribution is 2.18. The maximum absolute atomic E-state index is 10.7. The minimum atomic E-state index is -0.421. The molecule has 1 heterocycles. The van der Waals surface area contributed by atoms with E-state index >= 15 is 0 Å². The number of nitrogens with one attached hydrogen (secondary N) is 1. The van der Waals surface area contributed by atoms with Crippen LogP contribution in [-0.4, -0.2) is 29.2 Å². The predicted molar refractivity (Wildman–Crippen MR) is 74.4 cm³/mol. The fourth-order valence-electron chi connectivity index (χ4n) is 1.60. The Morgan fingerprint density at radius 2 is 2.21 bits per heavy atom. The quantitative estimate of drug-likeness (QED) is 0.445. The lowest BCUT2D eigenvalue weighted by Gasteiger charge is -2.08. The smallest absolute Gasteiger partial charge is 0.290 e. The van der Waals surface area contributed by atoms with E-state index in [-0.39, 0.29) is 11.8 Å². The molecule has 6 heteroatoms. The molecule has 0 aliphatic rings. The van der Waals surface area contributed by atoms with Crippen molar-refractivity contribution in [3.63, 3.8) is 0 Å². The third-order valence-corrected chi connectivity index (χ3v) is 2.61. The molecule has 0 unspecified atom stereocenters. The van der Waals surface area contributed by atoms with Crippen LogP contribution in [0.1, 0.15) is 32.3 Å². The van der Waals surface area contributed by atoms with Gasteiger partial charge in [0.25, 0.3) is 5.69 Å². The summed E-state index contributed by atoms with van der Waals surface area (Å²) in [4.78, 5) is 14.3. The van der Waals surface area contributed by atoms with E-state index in [1.54, 1.807) is 13.0 Å². The molecule has 0 saturated carbocycles. The van der Waals surface area contributed by atoms with Gasteiger partial charge in [-0.15, -0.1) is 0 Å². The molecule has 0 spiro atoms. The summed E-state index contributed by atoms with van der Waals surface area (Å²) in [6.07, 6.45) is 3.52. The summed E-state index contributed by atoms with van der Waals surface area (Å²) in [5.41, 5.74) is 0.668. The SMILES string of the molecule is Cc1cc(NCCCCOC(C)C)ncc1[N+](=O)[O-]. The Labute approximate surface area is 113 Å². The average molecular weight is 267 g/mol. The molecule has 0 atom stereocenters. The molecule has 1 aromatic heterocycles. The van der Waals surface area contributed by atoms with Gasteiger partial charge in [0.2, 0.25) is 0 Å². The summed E-state index contributed by atoms with van der Waals surface area (Å²) in [6, 6.07) is 1.70. The zero-order valence-corrected chi connectivity index (χ0v) is 11.7. The van der Waals surface area contributed by atoms with E-state index in [9.17, 15) is 10.1 Å². The van der Waals surface area contributed by atoms with Gasteiger partial charge in [0, 0.05) is 18.7 Å². The van der Waals surface area contributed by atoms with Crippen LogP contribution in [0.5, 0.6) is 0 Å². The summed E-state index contributed by atoms with van der Waals surface area (Å²) in [5.74, 6) is 0.674. The van der Waals surface area contributed by atoms with E-state index in [1.165, 1.54) is 6.20 Å². The van der Waals surface area contributed by atoms with Crippen molar-refractivity contribution in [2.24, 2.45) is 0 Å². The Bertz CT molecular complexity index is 422. The van der Waals surface area contributed by atoms with Crippen molar-refractivity contribution in [1.29, 1.82) is 0 Å². The molecule has 0 aliphatic carbocycles. The average Bonchev–Trinajstić information content (AvgIpc) is 2.32. The van der Waals surface area contributed by atoms with Crippen molar-refractivity contribution >= 4 is 11.5 Å². The Hall–Kier alpha value is -1.69. The fraction of sp³-hybridized carbons (Fsp3) is 0.615. The highest BCUT2D eigenvalue weighted by molar-refractivity contribution is 5.46. The topological polar surface area (TPSA) is 77.3 Å². The largest absolute Gasteiger partial charge is 0.379 e. The van der Waals surface area contributed by atoms with Crippen LogP contribution in [0.25, 0.3) is 0 Å². The summed E-state index contributed by atoms with van der Waals surface area (Å²) in [6.45, 7) is 7.28. The summed E-state index contributed by atoms with van der Waals surface area (Å²) >= 11 is 0. The minimum Gasteiger partial charge on any atom is -0.379 e. The number of hydrogen-bond donors (Lipinski definition) is 1. The van der Waals surface area contributed by atoms with E-state index in [1.807, 2.05) is 13.8 Å². The maximum Gasteiger partial charge on any atom is 0.290 e. The monoisotopic (exact) mass is 267 g/mol. The molecule has 0 bridgehead atoms. The first kappa shape index (κ1) is 15.4. The number of unbranched alkanes of at least 4 members (excludes halogenated alkanes) is 1. The van der Waals surface area contributed by atoms with E-state index < -0.39 is 4.92 Å². The first-order chi connectivity index (χ1) is 9.00. The standard InChI is InChI=1S/C13H21N3O3/c1-10(2)19-7-5-4-6-14-13-8-11(3)12(9-15-13)16(17)18/h8-10H,4-7H2,1-3H3,(H,14,15). The molecule has 0 aromatic carbocycles. The van der Waals surface area contributed by atoms with Gasteiger partial charge in [0.05, 0.1) is 11.0 Å². The molecule has 1 N–H and O–H groups in total. The van der Waals surface area contributed by atoms with E-state index in [2.05, 4.69) is 10.3 Å². The van der Waals surface area contributed by atoms with Crippen molar-refractivity contribution in [3.05, 3.63) is 27.9 Å².